The van der Waals surface area contributed by atoms with Crippen molar-refractivity contribution in [3.05, 3.63) is 29.3 Å². The molecular formula is C17H25N. The van der Waals surface area contributed by atoms with Gasteiger partial charge in [-0.3, -0.25) is 0 Å². The number of aryl methyl sites for hydroxylation is 1. The molecule has 1 heteroatoms. The minimum atomic E-state index is 0.398. The van der Waals surface area contributed by atoms with Gasteiger partial charge in [0, 0.05) is 11.2 Å². The van der Waals surface area contributed by atoms with Gasteiger partial charge < -0.3 is 5.32 Å². The second kappa shape index (κ2) is 4.60. The Labute approximate surface area is 111 Å². The Balaban J connectivity index is 1.96. The predicted octanol–water partition coefficient (Wildman–Crippen LogP) is 5.01. The van der Waals surface area contributed by atoms with Crippen LogP contribution in [0.3, 0.4) is 0 Å². The Hall–Kier alpha value is -0.980. The predicted molar refractivity (Wildman–Crippen MR) is 78.3 cm³/mol. The maximum absolute atomic E-state index is 3.95. The van der Waals surface area contributed by atoms with Gasteiger partial charge in [0.15, 0.2) is 0 Å². The third-order valence-corrected chi connectivity index (χ3v) is 4.98. The van der Waals surface area contributed by atoms with Crippen molar-refractivity contribution < 1.29 is 0 Å². The fourth-order valence-electron chi connectivity index (χ4n) is 4.02. The van der Waals surface area contributed by atoms with E-state index in [0.717, 1.165) is 0 Å². The fraction of sp³-hybridized carbons (Fsp3) is 0.647. The number of fused-ring (bicyclic) bond motifs is 1. The number of nitrogens with one attached hydrogen (secondary N) is 1. The van der Waals surface area contributed by atoms with E-state index in [4.69, 9.17) is 0 Å². The first kappa shape index (κ1) is 12.1. The van der Waals surface area contributed by atoms with E-state index in [9.17, 15) is 0 Å². The largest absolute Gasteiger partial charge is 0.379 e. The average molecular weight is 243 g/mol. The second-order valence-corrected chi connectivity index (χ2v) is 6.46. The number of hydrogen-bond donors (Lipinski definition) is 1. The van der Waals surface area contributed by atoms with Crippen LogP contribution in [0.5, 0.6) is 0 Å². The zero-order chi connectivity index (χ0) is 12.6. The van der Waals surface area contributed by atoms with E-state index in [1.165, 1.54) is 61.8 Å². The number of benzene rings is 1. The van der Waals surface area contributed by atoms with E-state index in [2.05, 4.69) is 37.4 Å². The van der Waals surface area contributed by atoms with Gasteiger partial charge in [-0.1, -0.05) is 50.8 Å². The van der Waals surface area contributed by atoms with Crippen molar-refractivity contribution in [3.63, 3.8) is 0 Å². The maximum atomic E-state index is 3.95. The highest BCUT2D eigenvalue weighted by Gasteiger charge is 2.37. The first-order chi connectivity index (χ1) is 8.70. The minimum absolute atomic E-state index is 0.398. The van der Waals surface area contributed by atoms with Gasteiger partial charge in [-0.2, -0.15) is 0 Å². The summed E-state index contributed by atoms with van der Waals surface area (Å²) in [6.07, 6.45) is 9.72. The van der Waals surface area contributed by atoms with Crippen LogP contribution in [0, 0.1) is 6.92 Å². The lowest BCUT2D eigenvalue weighted by molar-refractivity contribution is 0.344. The third-order valence-electron chi connectivity index (χ3n) is 4.98. The second-order valence-electron chi connectivity index (χ2n) is 6.46. The molecule has 0 aromatic heterocycles. The Morgan fingerprint density at radius 3 is 2.56 bits per heavy atom. The number of para-hydroxylation sites is 1. The number of anilines is 1. The zero-order valence-electron chi connectivity index (χ0n) is 11.8. The molecule has 1 fully saturated rings. The summed E-state index contributed by atoms with van der Waals surface area (Å²) >= 11 is 0. The lowest BCUT2D eigenvalue weighted by Gasteiger charge is -2.43. The standard InChI is InChI=1S/C17H25N/c1-13-8-7-9-15-14(2)12-17(18-16(13)15)10-5-3-4-6-11-17/h7-9,14,18H,3-6,10-12H2,1-2H3/t14-/m1/s1. The lowest BCUT2D eigenvalue weighted by atomic mass is 9.75. The summed E-state index contributed by atoms with van der Waals surface area (Å²) in [4.78, 5) is 0. The topological polar surface area (TPSA) is 12.0 Å². The normalized spacial score (nSPS) is 26.2. The van der Waals surface area contributed by atoms with Crippen molar-refractivity contribution in [2.75, 3.05) is 5.32 Å². The van der Waals surface area contributed by atoms with Crippen LogP contribution in [-0.2, 0) is 0 Å². The third kappa shape index (κ3) is 2.04. The summed E-state index contributed by atoms with van der Waals surface area (Å²) in [5.41, 5.74) is 4.79. The molecule has 1 N–H and O–H groups in total. The van der Waals surface area contributed by atoms with Gasteiger partial charge in [-0.15, -0.1) is 0 Å². The molecule has 1 atom stereocenters. The molecule has 0 amide bonds. The maximum Gasteiger partial charge on any atom is 0.0409 e. The van der Waals surface area contributed by atoms with Gasteiger partial charge >= 0.3 is 0 Å². The molecule has 1 aliphatic carbocycles. The molecule has 1 saturated carbocycles. The van der Waals surface area contributed by atoms with Crippen molar-refractivity contribution in [2.24, 2.45) is 0 Å². The van der Waals surface area contributed by atoms with Gasteiger partial charge in [0.2, 0.25) is 0 Å². The van der Waals surface area contributed by atoms with E-state index in [1.807, 2.05) is 0 Å². The zero-order valence-corrected chi connectivity index (χ0v) is 11.8. The van der Waals surface area contributed by atoms with Crippen LogP contribution >= 0.6 is 0 Å². The van der Waals surface area contributed by atoms with Crippen LogP contribution in [0.1, 0.15) is 68.9 Å². The molecule has 1 aromatic carbocycles. The summed E-state index contributed by atoms with van der Waals surface area (Å²) < 4.78 is 0. The molecule has 0 bridgehead atoms. The minimum Gasteiger partial charge on any atom is -0.379 e. The van der Waals surface area contributed by atoms with Crippen LogP contribution in [-0.4, -0.2) is 5.54 Å². The smallest absolute Gasteiger partial charge is 0.0409 e. The molecule has 1 aromatic rings. The first-order valence-electron chi connectivity index (χ1n) is 7.58. The summed E-state index contributed by atoms with van der Waals surface area (Å²) in [5, 5.41) is 3.95. The SMILES string of the molecule is Cc1cccc2c1NC1(CCCCCC1)C[C@H]2C. The summed E-state index contributed by atoms with van der Waals surface area (Å²) in [6.45, 7) is 4.65. The Bertz CT molecular complexity index is 427. The lowest BCUT2D eigenvalue weighted by Crippen LogP contribution is -2.42. The summed E-state index contributed by atoms with van der Waals surface area (Å²) in [6, 6.07) is 6.76. The molecule has 18 heavy (non-hydrogen) atoms. The van der Waals surface area contributed by atoms with Crippen molar-refractivity contribution >= 4 is 5.69 Å². The van der Waals surface area contributed by atoms with Crippen molar-refractivity contribution in [1.29, 1.82) is 0 Å². The van der Waals surface area contributed by atoms with Gasteiger partial charge in [-0.25, -0.2) is 0 Å². The highest BCUT2D eigenvalue weighted by Crippen LogP contribution is 2.45. The number of hydrogen-bond acceptors (Lipinski definition) is 1. The molecule has 1 spiro atoms. The molecular weight excluding hydrogens is 218 g/mol. The Morgan fingerprint density at radius 1 is 1.11 bits per heavy atom. The average Bonchev–Trinajstić information content (AvgIpc) is 2.57. The summed E-state index contributed by atoms with van der Waals surface area (Å²) in [5.74, 6) is 0.708. The fourth-order valence-corrected chi connectivity index (χ4v) is 4.02. The molecule has 3 rings (SSSR count). The quantitative estimate of drug-likeness (QED) is 0.675. The van der Waals surface area contributed by atoms with E-state index < -0.39 is 0 Å². The van der Waals surface area contributed by atoms with Crippen molar-refractivity contribution in [2.45, 2.75) is 70.3 Å². The van der Waals surface area contributed by atoms with Crippen LogP contribution in [0.15, 0.2) is 18.2 Å². The first-order valence-corrected chi connectivity index (χ1v) is 7.58. The molecule has 0 unspecified atom stereocenters. The Kier molecular flexibility index (Phi) is 3.09. The molecule has 98 valence electrons. The molecule has 0 radical (unpaired) electrons. The monoisotopic (exact) mass is 243 g/mol. The van der Waals surface area contributed by atoms with Gasteiger partial charge in [0.1, 0.15) is 0 Å². The molecule has 1 aliphatic heterocycles. The molecule has 2 aliphatic rings. The van der Waals surface area contributed by atoms with Gasteiger partial charge in [0.25, 0.3) is 0 Å². The van der Waals surface area contributed by atoms with Crippen molar-refractivity contribution in [3.8, 4) is 0 Å². The van der Waals surface area contributed by atoms with E-state index in [-0.39, 0.29) is 0 Å². The van der Waals surface area contributed by atoms with E-state index in [1.54, 1.807) is 0 Å². The summed E-state index contributed by atoms with van der Waals surface area (Å²) in [7, 11) is 0. The van der Waals surface area contributed by atoms with Gasteiger partial charge in [0.05, 0.1) is 0 Å². The highest BCUT2D eigenvalue weighted by molar-refractivity contribution is 5.62. The van der Waals surface area contributed by atoms with E-state index in [0.29, 0.717) is 11.5 Å². The molecule has 1 nitrogen and oxygen atoms in total. The van der Waals surface area contributed by atoms with Crippen LogP contribution in [0.4, 0.5) is 5.69 Å². The van der Waals surface area contributed by atoms with Crippen LogP contribution < -0.4 is 5.32 Å². The Morgan fingerprint density at radius 2 is 1.83 bits per heavy atom. The van der Waals surface area contributed by atoms with Crippen molar-refractivity contribution in [1.82, 2.24) is 0 Å². The molecule has 1 heterocycles. The van der Waals surface area contributed by atoms with E-state index >= 15 is 0 Å². The highest BCUT2D eigenvalue weighted by atomic mass is 15.0. The van der Waals surface area contributed by atoms with Crippen LogP contribution in [0.2, 0.25) is 0 Å². The van der Waals surface area contributed by atoms with Gasteiger partial charge in [-0.05, 0) is 43.2 Å². The number of rotatable bonds is 0. The van der Waals surface area contributed by atoms with Crippen LogP contribution in [0.25, 0.3) is 0 Å². The molecule has 0 saturated heterocycles.